The van der Waals surface area contributed by atoms with Crippen molar-refractivity contribution in [2.24, 2.45) is 0 Å². The van der Waals surface area contributed by atoms with Gasteiger partial charge in [-0.1, -0.05) is 0 Å². The lowest BCUT2D eigenvalue weighted by molar-refractivity contribution is -0.135. The van der Waals surface area contributed by atoms with E-state index in [1.165, 1.54) is 0 Å². The number of allylic oxidation sites excluding steroid dienone is 1. The molecule has 2 heterocycles. The molecule has 1 aliphatic heterocycles. The molecule has 0 atom stereocenters. The van der Waals surface area contributed by atoms with Crippen molar-refractivity contribution in [3.63, 3.8) is 0 Å². The van der Waals surface area contributed by atoms with E-state index in [0.29, 0.717) is 18.6 Å². The second kappa shape index (κ2) is 2.85. The van der Waals surface area contributed by atoms with Gasteiger partial charge in [0.15, 0.2) is 0 Å². The summed E-state index contributed by atoms with van der Waals surface area (Å²) in [4.78, 5) is 10.7. The van der Waals surface area contributed by atoms with Crippen LogP contribution in [-0.2, 0) is 9.53 Å². The van der Waals surface area contributed by atoms with Gasteiger partial charge in [-0.3, -0.25) is 4.79 Å². The minimum atomic E-state index is -0.159. The normalized spacial score (nSPS) is 20.0. The Bertz CT molecular complexity index is 309. The van der Waals surface area contributed by atoms with Gasteiger partial charge in [0.25, 0.3) is 0 Å². The molecule has 1 saturated heterocycles. The molecule has 0 aromatic carbocycles. The maximum Gasteiger partial charge on any atom is 0.311 e. The first-order chi connectivity index (χ1) is 5.84. The summed E-state index contributed by atoms with van der Waals surface area (Å²) in [6.07, 6.45) is 4.49. The largest absolute Gasteiger partial charge is 0.465 e. The number of esters is 1. The lowest BCUT2D eigenvalue weighted by Gasteiger charge is -1.92. The van der Waals surface area contributed by atoms with Crippen LogP contribution in [0.5, 0.6) is 0 Å². The fourth-order valence-corrected chi connectivity index (χ4v) is 1.11. The molecule has 62 valence electrons. The van der Waals surface area contributed by atoms with E-state index < -0.39 is 0 Å². The van der Waals surface area contributed by atoms with Gasteiger partial charge in [0.2, 0.25) is 0 Å². The Morgan fingerprint density at radius 3 is 2.92 bits per heavy atom. The molecule has 0 spiro atoms. The highest BCUT2D eigenvalue weighted by atomic mass is 16.5. The van der Waals surface area contributed by atoms with Crippen molar-refractivity contribution in [3.05, 3.63) is 29.9 Å². The second-order valence-electron chi connectivity index (χ2n) is 2.60. The highest BCUT2D eigenvalue weighted by molar-refractivity contribution is 5.75. The zero-order valence-corrected chi connectivity index (χ0v) is 6.45. The molecule has 1 aromatic heterocycles. The molecule has 0 radical (unpaired) electrons. The smallest absolute Gasteiger partial charge is 0.311 e. The molecule has 0 saturated carbocycles. The summed E-state index contributed by atoms with van der Waals surface area (Å²) < 4.78 is 9.96. The van der Waals surface area contributed by atoms with E-state index >= 15 is 0 Å². The third kappa shape index (κ3) is 1.39. The summed E-state index contributed by atoms with van der Waals surface area (Å²) in [5.74, 6) is 1.25. The Balaban J connectivity index is 2.15. The predicted octanol–water partition coefficient (Wildman–Crippen LogP) is 1.96. The molecule has 1 fully saturated rings. The van der Waals surface area contributed by atoms with Crippen LogP contribution in [0.1, 0.15) is 18.6 Å². The van der Waals surface area contributed by atoms with Gasteiger partial charge in [-0.25, -0.2) is 0 Å². The van der Waals surface area contributed by atoms with Crippen LogP contribution in [0.3, 0.4) is 0 Å². The average Bonchev–Trinajstić information content (AvgIpc) is 2.63. The van der Waals surface area contributed by atoms with Crippen LogP contribution >= 0.6 is 0 Å². The van der Waals surface area contributed by atoms with Crippen molar-refractivity contribution in [2.75, 3.05) is 0 Å². The van der Waals surface area contributed by atoms with E-state index in [2.05, 4.69) is 0 Å². The molecular formula is C9H8O3. The number of rotatable bonds is 1. The second-order valence-corrected chi connectivity index (χ2v) is 2.60. The lowest BCUT2D eigenvalue weighted by atomic mass is 10.3. The summed E-state index contributed by atoms with van der Waals surface area (Å²) in [5.41, 5.74) is 0. The summed E-state index contributed by atoms with van der Waals surface area (Å²) in [7, 11) is 0. The number of carbonyl (C=O) groups excluding carboxylic acids is 1. The zero-order chi connectivity index (χ0) is 8.39. The molecule has 3 nitrogen and oxygen atoms in total. The molecule has 1 aliphatic rings. The highest BCUT2D eigenvalue weighted by Gasteiger charge is 2.16. The number of hydrogen-bond donors (Lipinski definition) is 0. The van der Waals surface area contributed by atoms with Gasteiger partial charge < -0.3 is 9.15 Å². The molecule has 0 aliphatic carbocycles. The van der Waals surface area contributed by atoms with Crippen molar-refractivity contribution in [1.29, 1.82) is 0 Å². The minimum absolute atomic E-state index is 0.159. The first-order valence-electron chi connectivity index (χ1n) is 3.79. The van der Waals surface area contributed by atoms with E-state index in [1.54, 1.807) is 18.4 Å². The van der Waals surface area contributed by atoms with E-state index in [0.717, 1.165) is 5.76 Å². The van der Waals surface area contributed by atoms with Crippen LogP contribution in [-0.4, -0.2) is 5.97 Å². The predicted molar refractivity (Wildman–Crippen MR) is 42.0 cm³/mol. The van der Waals surface area contributed by atoms with Crippen LogP contribution in [0.25, 0.3) is 6.08 Å². The summed E-state index contributed by atoms with van der Waals surface area (Å²) in [6.45, 7) is 0. The molecule has 2 rings (SSSR count). The van der Waals surface area contributed by atoms with Crippen LogP contribution in [0.4, 0.5) is 0 Å². The molecular weight excluding hydrogens is 156 g/mol. The van der Waals surface area contributed by atoms with E-state index in [4.69, 9.17) is 9.15 Å². The monoisotopic (exact) mass is 164 g/mol. The van der Waals surface area contributed by atoms with Gasteiger partial charge in [-0.2, -0.15) is 0 Å². The molecule has 1 aromatic rings. The van der Waals surface area contributed by atoms with Crippen molar-refractivity contribution < 1.29 is 13.9 Å². The van der Waals surface area contributed by atoms with E-state index in [1.807, 2.05) is 6.07 Å². The van der Waals surface area contributed by atoms with Gasteiger partial charge in [0.1, 0.15) is 11.5 Å². The van der Waals surface area contributed by atoms with Gasteiger partial charge in [0.05, 0.1) is 12.7 Å². The maximum absolute atomic E-state index is 10.7. The van der Waals surface area contributed by atoms with Crippen molar-refractivity contribution in [1.82, 2.24) is 0 Å². The molecule has 3 heteroatoms. The zero-order valence-electron chi connectivity index (χ0n) is 6.45. The van der Waals surface area contributed by atoms with Crippen molar-refractivity contribution >= 4 is 12.0 Å². The lowest BCUT2D eigenvalue weighted by Crippen LogP contribution is -1.88. The van der Waals surface area contributed by atoms with Gasteiger partial charge in [0, 0.05) is 12.5 Å². The molecule has 0 unspecified atom stereocenters. The third-order valence-corrected chi connectivity index (χ3v) is 1.67. The molecule has 12 heavy (non-hydrogen) atoms. The van der Waals surface area contributed by atoms with Crippen LogP contribution in [0.15, 0.2) is 28.6 Å². The highest BCUT2D eigenvalue weighted by Crippen LogP contribution is 2.20. The molecule has 0 N–H and O–H groups in total. The number of furan rings is 1. The van der Waals surface area contributed by atoms with Crippen molar-refractivity contribution in [2.45, 2.75) is 12.8 Å². The summed E-state index contributed by atoms with van der Waals surface area (Å²) in [5, 5.41) is 0. The fourth-order valence-electron chi connectivity index (χ4n) is 1.11. The van der Waals surface area contributed by atoms with Crippen molar-refractivity contribution in [3.8, 4) is 0 Å². The fraction of sp³-hybridized carbons (Fsp3) is 0.222. The molecule has 0 bridgehead atoms. The van der Waals surface area contributed by atoms with Gasteiger partial charge in [-0.05, 0) is 12.1 Å². The van der Waals surface area contributed by atoms with Crippen LogP contribution in [0.2, 0.25) is 0 Å². The Labute approximate surface area is 69.6 Å². The average molecular weight is 164 g/mol. The number of ether oxygens (including phenoxy) is 1. The quantitative estimate of drug-likeness (QED) is 0.595. The summed E-state index contributed by atoms with van der Waals surface area (Å²) >= 11 is 0. The third-order valence-electron chi connectivity index (χ3n) is 1.67. The number of hydrogen-bond acceptors (Lipinski definition) is 3. The number of cyclic esters (lactones) is 1. The first-order valence-corrected chi connectivity index (χ1v) is 3.79. The SMILES string of the molecule is O=C1CC/C(=C/c2ccco2)O1. The maximum atomic E-state index is 10.7. The Kier molecular flexibility index (Phi) is 1.70. The topological polar surface area (TPSA) is 39.4 Å². The summed E-state index contributed by atoms with van der Waals surface area (Å²) in [6, 6.07) is 3.61. The Hall–Kier alpha value is -1.51. The first kappa shape index (κ1) is 7.16. The Morgan fingerprint density at radius 1 is 1.42 bits per heavy atom. The Morgan fingerprint density at radius 2 is 2.33 bits per heavy atom. The molecule has 0 amide bonds. The minimum Gasteiger partial charge on any atom is -0.465 e. The number of carbonyl (C=O) groups is 1. The van der Waals surface area contributed by atoms with Gasteiger partial charge >= 0.3 is 5.97 Å². The standard InChI is InChI=1S/C9H8O3/c10-9-4-3-8(12-9)6-7-2-1-5-11-7/h1-2,5-6H,3-4H2/b8-6-. The van der Waals surface area contributed by atoms with Crippen LogP contribution in [0, 0.1) is 0 Å². The van der Waals surface area contributed by atoms with Gasteiger partial charge in [-0.15, -0.1) is 0 Å². The van der Waals surface area contributed by atoms with E-state index in [-0.39, 0.29) is 5.97 Å². The van der Waals surface area contributed by atoms with Crippen LogP contribution < -0.4 is 0 Å². The van der Waals surface area contributed by atoms with E-state index in [9.17, 15) is 4.79 Å².